The van der Waals surface area contributed by atoms with Crippen LogP contribution in [0.2, 0.25) is 0 Å². The number of halogens is 1. The van der Waals surface area contributed by atoms with Gasteiger partial charge in [0.1, 0.15) is 0 Å². The van der Waals surface area contributed by atoms with Crippen LogP contribution < -0.4 is 5.11 Å². The minimum Gasteiger partial charge on any atom is -0.545 e. The summed E-state index contributed by atoms with van der Waals surface area (Å²) < 4.78 is 2.70. The van der Waals surface area contributed by atoms with Crippen molar-refractivity contribution in [2.24, 2.45) is 0 Å². The van der Waals surface area contributed by atoms with Gasteiger partial charge in [0, 0.05) is 21.8 Å². The van der Waals surface area contributed by atoms with Gasteiger partial charge in [-0.15, -0.1) is 0 Å². The lowest BCUT2D eigenvalue weighted by molar-refractivity contribution is -0.297. The van der Waals surface area contributed by atoms with E-state index in [0.717, 1.165) is 21.8 Å². The summed E-state index contributed by atoms with van der Waals surface area (Å²) in [6, 6.07) is 17.3. The number of aromatic nitrogens is 2. The zero-order valence-electron chi connectivity index (χ0n) is 12.0. The van der Waals surface area contributed by atoms with Crippen LogP contribution >= 0.6 is 15.9 Å². The molecule has 2 aromatic carbocycles. The number of rotatable bonds is 4. The molecule has 0 N–H and O–H groups in total. The Kier molecular flexibility index (Phi) is 4.39. The van der Waals surface area contributed by atoms with Gasteiger partial charge in [-0.2, -0.15) is 5.10 Å². The summed E-state index contributed by atoms with van der Waals surface area (Å²) in [6.07, 6.45) is 4.31. The maximum absolute atomic E-state index is 10.7. The van der Waals surface area contributed by atoms with Gasteiger partial charge in [0.25, 0.3) is 0 Å². The number of carboxylic acids is 1. The molecule has 0 unspecified atom stereocenters. The number of carbonyl (C=O) groups excluding carboxylic acids is 1. The maximum atomic E-state index is 10.7. The predicted octanol–water partition coefficient (Wildman–Crippen LogP) is 3.06. The quantitative estimate of drug-likeness (QED) is 0.665. The van der Waals surface area contributed by atoms with E-state index in [-0.39, 0.29) is 0 Å². The Labute approximate surface area is 141 Å². The minimum atomic E-state index is -1.24. The standard InChI is InChI=1S/C18H13BrN2O2/c19-15-9-6-13(7-10-15)18-14(8-11-17(22)23)12-21(20-18)16-4-2-1-3-5-16/h1-12H,(H,22,23)/p-1/b11-8+. The fourth-order valence-corrected chi connectivity index (χ4v) is 2.48. The molecule has 0 amide bonds. The highest BCUT2D eigenvalue weighted by Gasteiger charge is 2.10. The van der Waals surface area contributed by atoms with Gasteiger partial charge in [0.15, 0.2) is 0 Å². The fraction of sp³-hybridized carbons (Fsp3) is 0. The van der Waals surface area contributed by atoms with Crippen LogP contribution in [0.25, 0.3) is 23.0 Å². The fourth-order valence-electron chi connectivity index (χ4n) is 2.21. The summed E-state index contributed by atoms with van der Waals surface area (Å²) in [4.78, 5) is 10.7. The van der Waals surface area contributed by atoms with E-state index in [1.165, 1.54) is 6.08 Å². The van der Waals surface area contributed by atoms with Crippen molar-refractivity contribution in [2.45, 2.75) is 0 Å². The van der Waals surface area contributed by atoms with Crippen LogP contribution in [0.3, 0.4) is 0 Å². The molecule has 0 fully saturated rings. The van der Waals surface area contributed by atoms with Gasteiger partial charge < -0.3 is 9.90 Å². The molecule has 0 aliphatic heterocycles. The van der Waals surface area contributed by atoms with E-state index in [2.05, 4.69) is 21.0 Å². The Morgan fingerprint density at radius 1 is 1.09 bits per heavy atom. The SMILES string of the molecule is O=C([O-])/C=C/c1cn(-c2ccccc2)nc1-c1ccc(Br)cc1. The molecule has 23 heavy (non-hydrogen) atoms. The topological polar surface area (TPSA) is 57.9 Å². The number of para-hydroxylation sites is 1. The van der Waals surface area contributed by atoms with Gasteiger partial charge in [0.05, 0.1) is 17.4 Å². The molecule has 0 saturated carbocycles. The third-order valence-electron chi connectivity index (χ3n) is 3.28. The van der Waals surface area contributed by atoms with Crippen LogP contribution in [0, 0.1) is 0 Å². The Morgan fingerprint density at radius 2 is 1.78 bits per heavy atom. The lowest BCUT2D eigenvalue weighted by atomic mass is 10.1. The number of aliphatic carboxylic acids is 1. The van der Waals surface area contributed by atoms with Gasteiger partial charge in [-0.3, -0.25) is 0 Å². The van der Waals surface area contributed by atoms with Crippen molar-refractivity contribution < 1.29 is 9.90 Å². The summed E-state index contributed by atoms with van der Waals surface area (Å²) in [5.41, 5.74) is 3.22. The van der Waals surface area contributed by atoms with E-state index >= 15 is 0 Å². The Morgan fingerprint density at radius 3 is 2.43 bits per heavy atom. The van der Waals surface area contributed by atoms with Crippen LogP contribution in [0.4, 0.5) is 0 Å². The molecule has 0 aliphatic carbocycles. The number of nitrogens with zero attached hydrogens (tertiary/aromatic N) is 2. The number of carbonyl (C=O) groups is 1. The zero-order chi connectivity index (χ0) is 16.2. The van der Waals surface area contributed by atoms with E-state index in [1.807, 2.05) is 54.6 Å². The summed E-state index contributed by atoms with van der Waals surface area (Å²) >= 11 is 3.40. The molecule has 1 aromatic heterocycles. The second-order valence-corrected chi connectivity index (χ2v) is 5.79. The smallest absolute Gasteiger partial charge is 0.0999 e. The van der Waals surface area contributed by atoms with Crippen LogP contribution in [0.1, 0.15) is 5.56 Å². The van der Waals surface area contributed by atoms with Crippen molar-refractivity contribution in [2.75, 3.05) is 0 Å². The molecule has 0 radical (unpaired) electrons. The normalized spacial score (nSPS) is 11.0. The van der Waals surface area contributed by atoms with Crippen molar-refractivity contribution in [3.63, 3.8) is 0 Å². The largest absolute Gasteiger partial charge is 0.545 e. The molecule has 4 nitrogen and oxygen atoms in total. The van der Waals surface area contributed by atoms with Crippen molar-refractivity contribution in [3.05, 3.63) is 76.9 Å². The van der Waals surface area contributed by atoms with Gasteiger partial charge in [-0.25, -0.2) is 4.68 Å². The first-order valence-corrected chi connectivity index (χ1v) is 7.73. The molecule has 1 heterocycles. The molecular formula is C18H12BrN2O2-. The molecule has 3 aromatic rings. The highest BCUT2D eigenvalue weighted by atomic mass is 79.9. The van der Waals surface area contributed by atoms with Crippen LogP contribution in [-0.2, 0) is 4.79 Å². The summed E-state index contributed by atoms with van der Waals surface area (Å²) in [5, 5.41) is 15.3. The Hall–Kier alpha value is -2.66. The summed E-state index contributed by atoms with van der Waals surface area (Å²) in [5.74, 6) is -1.24. The highest BCUT2D eigenvalue weighted by Crippen LogP contribution is 2.26. The zero-order valence-corrected chi connectivity index (χ0v) is 13.6. The molecule has 3 rings (SSSR count). The molecule has 0 aliphatic rings. The van der Waals surface area contributed by atoms with Crippen LogP contribution in [0.15, 0.2) is 71.3 Å². The maximum Gasteiger partial charge on any atom is 0.0999 e. The van der Waals surface area contributed by atoms with Crippen LogP contribution in [0.5, 0.6) is 0 Å². The lowest BCUT2D eigenvalue weighted by Crippen LogP contribution is -2.18. The third-order valence-corrected chi connectivity index (χ3v) is 3.81. The number of hydrogen-bond donors (Lipinski definition) is 0. The first kappa shape index (κ1) is 15.2. The van der Waals surface area contributed by atoms with Gasteiger partial charge in [0.2, 0.25) is 0 Å². The summed E-state index contributed by atoms with van der Waals surface area (Å²) in [7, 11) is 0. The minimum absolute atomic E-state index is 0.707. The highest BCUT2D eigenvalue weighted by molar-refractivity contribution is 9.10. The number of hydrogen-bond acceptors (Lipinski definition) is 3. The molecule has 0 atom stereocenters. The van der Waals surface area contributed by atoms with Gasteiger partial charge in [-0.05, 0) is 36.4 Å². The predicted molar refractivity (Wildman–Crippen MR) is 90.7 cm³/mol. The second-order valence-electron chi connectivity index (χ2n) is 4.87. The van der Waals surface area contributed by atoms with Crippen molar-refractivity contribution in [1.29, 1.82) is 0 Å². The average molecular weight is 368 g/mol. The van der Waals surface area contributed by atoms with Crippen molar-refractivity contribution in [3.8, 4) is 16.9 Å². The Bertz CT molecular complexity index is 852. The number of benzene rings is 2. The van der Waals surface area contributed by atoms with E-state index in [4.69, 9.17) is 0 Å². The van der Waals surface area contributed by atoms with E-state index < -0.39 is 5.97 Å². The summed E-state index contributed by atoms with van der Waals surface area (Å²) in [6.45, 7) is 0. The molecule has 0 saturated heterocycles. The Balaban J connectivity index is 2.10. The first-order valence-electron chi connectivity index (χ1n) is 6.93. The third kappa shape index (κ3) is 3.57. The number of carboxylic acid groups (broad SMARTS) is 1. The monoisotopic (exact) mass is 367 g/mol. The van der Waals surface area contributed by atoms with Crippen molar-refractivity contribution in [1.82, 2.24) is 9.78 Å². The van der Waals surface area contributed by atoms with E-state index in [9.17, 15) is 9.90 Å². The average Bonchev–Trinajstić information content (AvgIpc) is 2.99. The lowest BCUT2D eigenvalue weighted by Gasteiger charge is -2.01. The molecule has 0 bridgehead atoms. The molecule has 0 spiro atoms. The molecular weight excluding hydrogens is 356 g/mol. The molecule has 114 valence electrons. The van der Waals surface area contributed by atoms with Gasteiger partial charge in [-0.1, -0.05) is 46.3 Å². The van der Waals surface area contributed by atoms with E-state index in [1.54, 1.807) is 10.9 Å². The van der Waals surface area contributed by atoms with Crippen molar-refractivity contribution >= 4 is 28.0 Å². The van der Waals surface area contributed by atoms with Crippen LogP contribution in [-0.4, -0.2) is 15.7 Å². The van der Waals surface area contributed by atoms with E-state index in [0.29, 0.717) is 11.3 Å². The van der Waals surface area contributed by atoms with Gasteiger partial charge >= 0.3 is 0 Å². The first-order chi connectivity index (χ1) is 11.1. The second kappa shape index (κ2) is 6.62. The molecule has 5 heteroatoms.